The Labute approximate surface area is 108 Å². The number of carbonyl (C=O) groups is 1. The fourth-order valence-corrected chi connectivity index (χ4v) is 1.73. The van der Waals surface area contributed by atoms with Gasteiger partial charge in [0.2, 0.25) is 0 Å². The highest BCUT2D eigenvalue weighted by atomic mass is 35.5. The van der Waals surface area contributed by atoms with Crippen LogP contribution < -0.4 is 0 Å². The van der Waals surface area contributed by atoms with Crippen LogP contribution in [0.4, 0.5) is 0 Å². The summed E-state index contributed by atoms with van der Waals surface area (Å²) in [4.78, 5) is 10.7. The molecule has 0 aliphatic carbocycles. The van der Waals surface area contributed by atoms with Crippen molar-refractivity contribution in [3.05, 3.63) is 41.2 Å². The summed E-state index contributed by atoms with van der Waals surface area (Å²) in [5, 5.41) is 20.2. The highest BCUT2D eigenvalue weighted by Crippen LogP contribution is 2.25. The fraction of sp³-hybridized carbons (Fsp3) is 0.0909. The minimum Gasteiger partial charge on any atom is -0.478 e. The van der Waals surface area contributed by atoms with Crippen molar-refractivity contribution in [3.63, 3.8) is 0 Å². The molecular formula is C11H9ClN4O2. The molecule has 0 aliphatic rings. The summed E-state index contributed by atoms with van der Waals surface area (Å²) in [6.07, 6.45) is 2.54. The summed E-state index contributed by atoms with van der Waals surface area (Å²) in [6.45, 7) is 1.69. The van der Waals surface area contributed by atoms with E-state index in [2.05, 4.69) is 15.5 Å². The van der Waals surface area contributed by atoms with Crippen LogP contribution in [0.2, 0.25) is 5.02 Å². The number of hydrogen-bond acceptors (Lipinski definition) is 4. The summed E-state index contributed by atoms with van der Waals surface area (Å²) >= 11 is 5.92. The molecule has 0 fully saturated rings. The molecule has 2 aromatic rings. The summed E-state index contributed by atoms with van der Waals surface area (Å²) < 4.78 is 1.45. The van der Waals surface area contributed by atoms with Gasteiger partial charge in [-0.25, -0.2) is 4.79 Å². The van der Waals surface area contributed by atoms with E-state index >= 15 is 0 Å². The van der Waals surface area contributed by atoms with E-state index in [4.69, 9.17) is 16.7 Å². The normalized spacial score (nSPS) is 11.6. The van der Waals surface area contributed by atoms with Crippen LogP contribution in [-0.4, -0.2) is 31.3 Å². The predicted octanol–water partition coefficient (Wildman–Crippen LogP) is 1.80. The molecule has 0 radical (unpaired) electrons. The van der Waals surface area contributed by atoms with Gasteiger partial charge in [-0.3, -0.25) is 0 Å². The summed E-state index contributed by atoms with van der Waals surface area (Å²) in [5.41, 5.74) is 1.90. The molecule has 0 aliphatic heterocycles. The highest BCUT2D eigenvalue weighted by Gasteiger charge is 2.09. The van der Waals surface area contributed by atoms with Gasteiger partial charge in [0.15, 0.2) is 0 Å². The maximum atomic E-state index is 10.7. The lowest BCUT2D eigenvalue weighted by Crippen LogP contribution is -2.00. The van der Waals surface area contributed by atoms with Gasteiger partial charge >= 0.3 is 5.97 Å². The third-order valence-corrected chi connectivity index (χ3v) is 2.55. The van der Waals surface area contributed by atoms with Crippen LogP contribution in [0.5, 0.6) is 0 Å². The van der Waals surface area contributed by atoms with Crippen molar-refractivity contribution < 1.29 is 9.90 Å². The van der Waals surface area contributed by atoms with Crippen LogP contribution in [0.25, 0.3) is 11.3 Å². The van der Waals surface area contributed by atoms with Crippen molar-refractivity contribution in [2.45, 2.75) is 6.92 Å². The molecule has 0 bridgehead atoms. The third kappa shape index (κ3) is 2.54. The molecule has 1 heterocycles. The Balaban J connectivity index is 2.58. The number of hydrogen-bond donors (Lipinski definition) is 1. The van der Waals surface area contributed by atoms with Crippen molar-refractivity contribution in [1.29, 1.82) is 0 Å². The number of aromatic nitrogens is 4. The molecule has 0 saturated carbocycles. The Bertz CT molecular complexity index is 608. The van der Waals surface area contributed by atoms with E-state index in [1.165, 1.54) is 11.0 Å². The van der Waals surface area contributed by atoms with Gasteiger partial charge in [0.1, 0.15) is 6.33 Å². The second-order valence-electron chi connectivity index (χ2n) is 3.58. The molecule has 1 aromatic carbocycles. The molecule has 0 saturated heterocycles. The Morgan fingerprint density at radius 3 is 2.89 bits per heavy atom. The lowest BCUT2D eigenvalue weighted by atomic mass is 10.0. The van der Waals surface area contributed by atoms with E-state index in [-0.39, 0.29) is 0 Å². The molecule has 1 aromatic heterocycles. The first-order valence-electron chi connectivity index (χ1n) is 5.02. The number of aliphatic carboxylic acids is 1. The molecule has 0 unspecified atom stereocenters. The van der Waals surface area contributed by atoms with Crippen molar-refractivity contribution in [1.82, 2.24) is 20.2 Å². The second-order valence-corrected chi connectivity index (χ2v) is 4.02. The molecule has 7 heteroatoms. The van der Waals surface area contributed by atoms with Crippen molar-refractivity contribution in [2.75, 3.05) is 0 Å². The molecule has 0 spiro atoms. The van der Waals surface area contributed by atoms with Gasteiger partial charge in [-0.1, -0.05) is 11.6 Å². The van der Waals surface area contributed by atoms with Gasteiger partial charge in [0, 0.05) is 16.7 Å². The maximum absolute atomic E-state index is 10.7. The van der Waals surface area contributed by atoms with E-state index in [0.717, 1.165) is 6.08 Å². The monoisotopic (exact) mass is 264 g/mol. The number of benzene rings is 1. The smallest absolute Gasteiger partial charge is 0.328 e. The minimum absolute atomic E-state index is 0.514. The first kappa shape index (κ1) is 12.3. The largest absolute Gasteiger partial charge is 0.478 e. The summed E-state index contributed by atoms with van der Waals surface area (Å²) in [7, 11) is 0. The summed E-state index contributed by atoms with van der Waals surface area (Å²) in [5.74, 6) is -1.02. The molecule has 0 amide bonds. The fourth-order valence-electron chi connectivity index (χ4n) is 1.56. The number of allylic oxidation sites excluding steroid dienone is 1. The lowest BCUT2D eigenvalue weighted by Gasteiger charge is -2.09. The Morgan fingerprint density at radius 2 is 2.28 bits per heavy atom. The quantitative estimate of drug-likeness (QED) is 0.855. The van der Waals surface area contributed by atoms with Crippen LogP contribution >= 0.6 is 11.6 Å². The molecule has 0 atom stereocenters. The SMILES string of the molecule is C/C(=C\C(=O)O)c1cc(Cl)ccc1-n1cnnn1. The predicted molar refractivity (Wildman–Crippen MR) is 65.5 cm³/mol. The Kier molecular flexibility index (Phi) is 3.38. The minimum atomic E-state index is -1.02. The number of halogens is 1. The van der Waals surface area contributed by atoms with Gasteiger partial charge in [-0.2, -0.15) is 4.68 Å². The van der Waals surface area contributed by atoms with E-state index in [1.807, 2.05) is 0 Å². The van der Waals surface area contributed by atoms with Crippen LogP contribution in [-0.2, 0) is 4.79 Å². The van der Waals surface area contributed by atoms with Crippen LogP contribution in [0.15, 0.2) is 30.6 Å². The van der Waals surface area contributed by atoms with Gasteiger partial charge < -0.3 is 5.11 Å². The highest BCUT2D eigenvalue weighted by molar-refractivity contribution is 6.30. The number of carboxylic acids is 1. The molecule has 2 rings (SSSR count). The van der Waals surface area contributed by atoms with E-state index in [1.54, 1.807) is 25.1 Å². The molecule has 6 nitrogen and oxygen atoms in total. The van der Waals surface area contributed by atoms with Gasteiger partial charge in [0.05, 0.1) is 5.69 Å². The van der Waals surface area contributed by atoms with E-state index in [9.17, 15) is 4.79 Å². The van der Waals surface area contributed by atoms with Gasteiger partial charge in [-0.05, 0) is 41.1 Å². The Morgan fingerprint density at radius 1 is 1.50 bits per heavy atom. The molecule has 1 N–H and O–H groups in total. The number of rotatable bonds is 3. The number of tetrazole rings is 1. The standard InChI is InChI=1S/C11H9ClN4O2/c1-7(4-11(17)18)9-5-8(12)2-3-10(9)16-6-13-14-15-16/h2-6H,1H3,(H,17,18)/b7-4+. The number of carboxylic acid groups (broad SMARTS) is 1. The first-order valence-corrected chi connectivity index (χ1v) is 5.40. The van der Waals surface area contributed by atoms with Crippen molar-refractivity contribution in [3.8, 4) is 5.69 Å². The number of nitrogens with zero attached hydrogens (tertiary/aromatic N) is 4. The van der Waals surface area contributed by atoms with Crippen LogP contribution in [0.1, 0.15) is 12.5 Å². The van der Waals surface area contributed by atoms with Crippen molar-refractivity contribution in [2.24, 2.45) is 0 Å². The van der Waals surface area contributed by atoms with Crippen molar-refractivity contribution >= 4 is 23.1 Å². The molecule has 18 heavy (non-hydrogen) atoms. The zero-order valence-corrected chi connectivity index (χ0v) is 10.2. The summed E-state index contributed by atoms with van der Waals surface area (Å²) in [6, 6.07) is 5.09. The second kappa shape index (κ2) is 4.97. The zero-order chi connectivity index (χ0) is 13.1. The van der Waals surface area contributed by atoms with Crippen LogP contribution in [0.3, 0.4) is 0 Å². The van der Waals surface area contributed by atoms with E-state index in [0.29, 0.717) is 21.8 Å². The van der Waals surface area contributed by atoms with Gasteiger partial charge in [0.25, 0.3) is 0 Å². The average molecular weight is 265 g/mol. The van der Waals surface area contributed by atoms with Gasteiger partial charge in [-0.15, -0.1) is 5.10 Å². The zero-order valence-electron chi connectivity index (χ0n) is 9.41. The third-order valence-electron chi connectivity index (χ3n) is 2.32. The average Bonchev–Trinajstić information content (AvgIpc) is 2.81. The Hall–Kier alpha value is -2.21. The molecule has 92 valence electrons. The molecular weight excluding hydrogens is 256 g/mol. The maximum Gasteiger partial charge on any atom is 0.328 e. The topological polar surface area (TPSA) is 80.9 Å². The lowest BCUT2D eigenvalue weighted by molar-refractivity contribution is -0.131. The van der Waals surface area contributed by atoms with Crippen LogP contribution in [0, 0.1) is 0 Å². The first-order chi connectivity index (χ1) is 8.58. The van der Waals surface area contributed by atoms with E-state index < -0.39 is 5.97 Å².